The number of aryl methyl sites for hydroxylation is 2. The lowest BCUT2D eigenvalue weighted by Gasteiger charge is -2.18. The van der Waals surface area contributed by atoms with E-state index in [1.807, 2.05) is 62.4 Å². The lowest BCUT2D eigenvalue weighted by Crippen LogP contribution is -2.35. The fraction of sp³-hybridized carbons (Fsp3) is 0.269. The van der Waals surface area contributed by atoms with Crippen molar-refractivity contribution in [3.8, 4) is 17.3 Å². The Balaban J connectivity index is 1.15. The number of fused-ring (bicyclic) bond motifs is 1. The summed E-state index contributed by atoms with van der Waals surface area (Å²) in [5, 5.41) is 15.7. The minimum atomic E-state index is -0.385. The zero-order valence-corrected chi connectivity index (χ0v) is 19.6. The van der Waals surface area contributed by atoms with Crippen LogP contribution in [0.2, 0.25) is 0 Å². The van der Waals surface area contributed by atoms with Gasteiger partial charge < -0.3 is 15.0 Å². The van der Waals surface area contributed by atoms with Gasteiger partial charge in [0.15, 0.2) is 11.5 Å². The fourth-order valence-electron chi connectivity index (χ4n) is 4.12. The molecule has 0 bridgehead atoms. The zero-order chi connectivity index (χ0) is 24.4. The predicted molar refractivity (Wildman–Crippen MR) is 131 cm³/mol. The zero-order valence-electron chi connectivity index (χ0n) is 19.6. The molecule has 1 N–H and O–H groups in total. The second kappa shape index (κ2) is 9.54. The number of carbonyl (C=O) groups is 2. The van der Waals surface area contributed by atoms with Crippen molar-refractivity contribution in [2.75, 3.05) is 24.6 Å². The van der Waals surface area contributed by atoms with Crippen LogP contribution in [0.1, 0.15) is 17.5 Å². The van der Waals surface area contributed by atoms with Gasteiger partial charge in [-0.05, 0) is 43.2 Å². The molecule has 2 aromatic carbocycles. The summed E-state index contributed by atoms with van der Waals surface area (Å²) in [5.41, 5.74) is 4.64. The van der Waals surface area contributed by atoms with Gasteiger partial charge in [0.25, 0.3) is 0 Å². The van der Waals surface area contributed by atoms with E-state index in [4.69, 9.17) is 4.74 Å². The lowest BCUT2D eigenvalue weighted by molar-refractivity contribution is -0.126. The molecule has 9 nitrogen and oxygen atoms in total. The Morgan fingerprint density at radius 1 is 1.06 bits per heavy atom. The van der Waals surface area contributed by atoms with Gasteiger partial charge in [-0.15, -0.1) is 15.3 Å². The maximum Gasteiger partial charge on any atom is 0.231 e. The molecule has 1 aliphatic heterocycles. The van der Waals surface area contributed by atoms with Crippen LogP contribution in [-0.2, 0) is 9.59 Å². The number of nitrogens with zero attached hydrogens (tertiary/aromatic N) is 5. The molecule has 5 rings (SSSR count). The molecule has 1 atom stereocenters. The van der Waals surface area contributed by atoms with Gasteiger partial charge in [0.05, 0.1) is 12.5 Å². The van der Waals surface area contributed by atoms with Gasteiger partial charge in [0.2, 0.25) is 17.7 Å². The van der Waals surface area contributed by atoms with E-state index in [1.54, 1.807) is 21.5 Å². The van der Waals surface area contributed by atoms with Crippen LogP contribution in [-0.4, -0.2) is 51.3 Å². The molecule has 2 amide bonds. The fourth-order valence-corrected chi connectivity index (χ4v) is 4.12. The summed E-state index contributed by atoms with van der Waals surface area (Å²) in [6, 6.07) is 19.1. The molecule has 0 aliphatic carbocycles. The van der Waals surface area contributed by atoms with Crippen LogP contribution in [0.5, 0.6) is 5.88 Å². The first-order valence-corrected chi connectivity index (χ1v) is 11.6. The average Bonchev–Trinajstić information content (AvgIpc) is 3.47. The van der Waals surface area contributed by atoms with Crippen molar-refractivity contribution in [3.63, 3.8) is 0 Å². The van der Waals surface area contributed by atoms with Crippen LogP contribution in [0.25, 0.3) is 17.0 Å². The van der Waals surface area contributed by atoms with E-state index in [0.717, 1.165) is 16.8 Å². The molecule has 1 saturated heterocycles. The van der Waals surface area contributed by atoms with Crippen LogP contribution >= 0.6 is 0 Å². The van der Waals surface area contributed by atoms with Gasteiger partial charge in [-0.25, -0.2) is 0 Å². The summed E-state index contributed by atoms with van der Waals surface area (Å²) in [5.74, 6) is 0.454. The summed E-state index contributed by atoms with van der Waals surface area (Å²) in [6.45, 7) is 4.98. The average molecular weight is 471 g/mol. The minimum Gasteiger partial charge on any atom is -0.475 e. The Morgan fingerprint density at radius 2 is 1.89 bits per heavy atom. The summed E-state index contributed by atoms with van der Waals surface area (Å²) < 4.78 is 7.38. The minimum absolute atomic E-state index is 0.0367. The van der Waals surface area contributed by atoms with Gasteiger partial charge in [0, 0.05) is 30.3 Å². The highest BCUT2D eigenvalue weighted by atomic mass is 16.5. The number of anilines is 1. The molecule has 1 aliphatic rings. The van der Waals surface area contributed by atoms with E-state index in [1.165, 1.54) is 5.56 Å². The van der Waals surface area contributed by atoms with Crippen LogP contribution in [0.15, 0.2) is 60.7 Å². The second-order valence-corrected chi connectivity index (χ2v) is 8.64. The SMILES string of the molecule is Cc1ccc(N2CC(C(=O)NCCOc3ccc4nnc(-c5ccccc5)n4n3)CC2=O)cc1C. The van der Waals surface area contributed by atoms with Crippen molar-refractivity contribution in [3.05, 3.63) is 71.8 Å². The van der Waals surface area contributed by atoms with Crippen LogP contribution in [0.4, 0.5) is 5.69 Å². The topological polar surface area (TPSA) is 102 Å². The standard InChI is InChI=1S/C26H26N6O3/c1-17-8-9-21(14-18(17)2)31-16-20(15-24(31)33)26(34)27-12-13-35-23-11-10-22-28-29-25(32(22)30-23)19-6-4-3-5-7-19/h3-11,14,20H,12-13,15-16H2,1-2H3,(H,27,34). The molecular formula is C26H26N6O3. The van der Waals surface area contributed by atoms with E-state index in [9.17, 15) is 9.59 Å². The first-order chi connectivity index (χ1) is 17.0. The van der Waals surface area contributed by atoms with Crippen molar-refractivity contribution in [1.82, 2.24) is 25.1 Å². The second-order valence-electron chi connectivity index (χ2n) is 8.64. The van der Waals surface area contributed by atoms with E-state index in [2.05, 4.69) is 20.6 Å². The quantitative estimate of drug-likeness (QED) is 0.417. The molecule has 0 saturated carbocycles. The summed E-state index contributed by atoms with van der Waals surface area (Å²) in [4.78, 5) is 26.9. The Bertz CT molecular complexity index is 1380. The monoisotopic (exact) mass is 470 g/mol. The van der Waals surface area contributed by atoms with Crippen LogP contribution in [0.3, 0.4) is 0 Å². The Labute approximate surface area is 202 Å². The maximum absolute atomic E-state index is 12.7. The number of ether oxygens (including phenoxy) is 1. The molecule has 3 heterocycles. The van der Waals surface area contributed by atoms with E-state index < -0.39 is 0 Å². The number of rotatable bonds is 7. The highest BCUT2D eigenvalue weighted by molar-refractivity contribution is 6.00. The van der Waals surface area contributed by atoms with E-state index >= 15 is 0 Å². The number of aromatic nitrogens is 4. The highest BCUT2D eigenvalue weighted by Gasteiger charge is 2.35. The first-order valence-electron chi connectivity index (χ1n) is 11.6. The van der Waals surface area contributed by atoms with Crippen molar-refractivity contribution < 1.29 is 14.3 Å². The molecule has 2 aromatic heterocycles. The molecule has 4 aromatic rings. The molecule has 1 fully saturated rings. The van der Waals surface area contributed by atoms with E-state index in [-0.39, 0.29) is 30.8 Å². The normalized spacial score (nSPS) is 15.5. The Morgan fingerprint density at radius 3 is 2.69 bits per heavy atom. The number of carbonyl (C=O) groups excluding carboxylic acids is 2. The van der Waals surface area contributed by atoms with Crippen LogP contribution < -0.4 is 15.0 Å². The third-order valence-electron chi connectivity index (χ3n) is 6.22. The van der Waals surface area contributed by atoms with Gasteiger partial charge in [-0.2, -0.15) is 4.52 Å². The summed E-state index contributed by atoms with van der Waals surface area (Å²) in [7, 11) is 0. The number of benzene rings is 2. The number of hydrogen-bond donors (Lipinski definition) is 1. The third-order valence-corrected chi connectivity index (χ3v) is 6.22. The molecule has 35 heavy (non-hydrogen) atoms. The highest BCUT2D eigenvalue weighted by Crippen LogP contribution is 2.27. The molecule has 178 valence electrons. The summed E-state index contributed by atoms with van der Waals surface area (Å²) >= 11 is 0. The van der Waals surface area contributed by atoms with E-state index in [0.29, 0.717) is 30.4 Å². The van der Waals surface area contributed by atoms with Crippen molar-refractivity contribution in [1.29, 1.82) is 0 Å². The van der Waals surface area contributed by atoms with Crippen molar-refractivity contribution >= 4 is 23.1 Å². The number of hydrogen-bond acceptors (Lipinski definition) is 6. The molecule has 9 heteroatoms. The number of amides is 2. The Hall–Kier alpha value is -4.27. The molecular weight excluding hydrogens is 444 g/mol. The molecule has 0 radical (unpaired) electrons. The van der Waals surface area contributed by atoms with Gasteiger partial charge in [-0.1, -0.05) is 36.4 Å². The lowest BCUT2D eigenvalue weighted by atomic mass is 10.1. The van der Waals surface area contributed by atoms with Gasteiger partial charge in [-0.3, -0.25) is 9.59 Å². The Kier molecular flexibility index (Phi) is 6.13. The van der Waals surface area contributed by atoms with Gasteiger partial charge >= 0.3 is 0 Å². The maximum atomic E-state index is 12.7. The molecule has 1 unspecified atom stereocenters. The van der Waals surface area contributed by atoms with Crippen LogP contribution in [0, 0.1) is 19.8 Å². The third kappa shape index (κ3) is 4.70. The first kappa shape index (κ1) is 22.5. The predicted octanol–water partition coefficient (Wildman–Crippen LogP) is 2.96. The number of nitrogens with one attached hydrogen (secondary N) is 1. The smallest absolute Gasteiger partial charge is 0.231 e. The molecule has 0 spiro atoms. The largest absolute Gasteiger partial charge is 0.475 e. The van der Waals surface area contributed by atoms with Crippen molar-refractivity contribution in [2.24, 2.45) is 5.92 Å². The van der Waals surface area contributed by atoms with Crippen molar-refractivity contribution in [2.45, 2.75) is 20.3 Å². The summed E-state index contributed by atoms with van der Waals surface area (Å²) in [6.07, 6.45) is 0.202. The van der Waals surface area contributed by atoms with Gasteiger partial charge in [0.1, 0.15) is 6.61 Å².